The number of nitrogens with one attached hydrogen (secondary N) is 1. The summed E-state index contributed by atoms with van der Waals surface area (Å²) in [6.45, 7) is 2.74. The highest BCUT2D eigenvalue weighted by atomic mass is 16.5. The van der Waals surface area contributed by atoms with Gasteiger partial charge < -0.3 is 10.1 Å². The van der Waals surface area contributed by atoms with Gasteiger partial charge in [0.05, 0.1) is 12.6 Å². The van der Waals surface area contributed by atoms with Crippen LogP contribution in [0, 0.1) is 0 Å². The van der Waals surface area contributed by atoms with E-state index in [1.165, 1.54) is 5.56 Å². The molecule has 1 aliphatic heterocycles. The SMILES string of the molecule is c1ccc([C@H]2COCCCN2)cc1. The average Bonchev–Trinajstić information content (AvgIpc) is 2.47. The normalized spacial score (nSPS) is 23.8. The monoisotopic (exact) mass is 177 g/mol. The predicted molar refractivity (Wildman–Crippen MR) is 52.6 cm³/mol. The molecule has 1 atom stereocenters. The zero-order valence-corrected chi connectivity index (χ0v) is 7.70. The van der Waals surface area contributed by atoms with Crippen LogP contribution in [0.25, 0.3) is 0 Å². The number of ether oxygens (including phenoxy) is 1. The molecular formula is C11H15NO. The maximum atomic E-state index is 5.50. The first kappa shape index (κ1) is 8.73. The Morgan fingerprint density at radius 3 is 2.92 bits per heavy atom. The zero-order valence-electron chi connectivity index (χ0n) is 7.70. The van der Waals surface area contributed by atoms with E-state index < -0.39 is 0 Å². The minimum absolute atomic E-state index is 0.378. The van der Waals surface area contributed by atoms with Crippen molar-refractivity contribution in [1.29, 1.82) is 0 Å². The van der Waals surface area contributed by atoms with Gasteiger partial charge in [-0.05, 0) is 18.5 Å². The smallest absolute Gasteiger partial charge is 0.0661 e. The predicted octanol–water partition coefficient (Wildman–Crippen LogP) is 1.74. The van der Waals surface area contributed by atoms with Crippen LogP contribution in [0.3, 0.4) is 0 Å². The Labute approximate surface area is 78.9 Å². The van der Waals surface area contributed by atoms with Crippen molar-refractivity contribution in [3.8, 4) is 0 Å². The van der Waals surface area contributed by atoms with Gasteiger partial charge in [0.25, 0.3) is 0 Å². The second-order valence-corrected chi connectivity index (χ2v) is 3.35. The molecule has 13 heavy (non-hydrogen) atoms. The molecule has 2 heteroatoms. The Hall–Kier alpha value is -0.860. The first-order chi connectivity index (χ1) is 6.47. The van der Waals surface area contributed by atoms with Gasteiger partial charge in [-0.25, -0.2) is 0 Å². The molecule has 1 aromatic rings. The molecule has 0 bridgehead atoms. The van der Waals surface area contributed by atoms with Crippen molar-refractivity contribution in [2.45, 2.75) is 12.5 Å². The van der Waals surface area contributed by atoms with E-state index in [4.69, 9.17) is 4.74 Å². The number of benzene rings is 1. The molecule has 2 rings (SSSR count). The zero-order chi connectivity index (χ0) is 8.93. The number of hydrogen-bond donors (Lipinski definition) is 1. The van der Waals surface area contributed by atoms with Crippen molar-refractivity contribution >= 4 is 0 Å². The minimum Gasteiger partial charge on any atom is -0.379 e. The molecule has 0 unspecified atom stereocenters. The lowest BCUT2D eigenvalue weighted by Gasteiger charge is -2.14. The van der Waals surface area contributed by atoms with Crippen LogP contribution in [0.15, 0.2) is 30.3 Å². The summed E-state index contributed by atoms with van der Waals surface area (Å²) in [5.74, 6) is 0. The van der Waals surface area contributed by atoms with Crippen LogP contribution in [0.4, 0.5) is 0 Å². The minimum atomic E-state index is 0.378. The number of hydrogen-bond acceptors (Lipinski definition) is 2. The molecule has 2 nitrogen and oxygen atoms in total. The molecule has 1 heterocycles. The van der Waals surface area contributed by atoms with E-state index in [1.54, 1.807) is 0 Å². The highest BCUT2D eigenvalue weighted by Gasteiger charge is 2.12. The van der Waals surface area contributed by atoms with Crippen molar-refractivity contribution in [1.82, 2.24) is 5.32 Å². The third-order valence-electron chi connectivity index (χ3n) is 2.34. The van der Waals surface area contributed by atoms with E-state index in [9.17, 15) is 0 Å². The molecular weight excluding hydrogens is 162 g/mol. The lowest BCUT2D eigenvalue weighted by atomic mass is 10.1. The summed E-state index contributed by atoms with van der Waals surface area (Å²) < 4.78 is 5.50. The number of rotatable bonds is 1. The maximum Gasteiger partial charge on any atom is 0.0661 e. The van der Waals surface area contributed by atoms with Gasteiger partial charge in [0, 0.05) is 6.61 Å². The summed E-state index contributed by atoms with van der Waals surface area (Å²) in [5, 5.41) is 3.47. The molecule has 0 aliphatic carbocycles. The van der Waals surface area contributed by atoms with Crippen molar-refractivity contribution in [2.75, 3.05) is 19.8 Å². The molecule has 0 spiro atoms. The van der Waals surface area contributed by atoms with Gasteiger partial charge in [0.1, 0.15) is 0 Å². The quantitative estimate of drug-likeness (QED) is 0.705. The second kappa shape index (κ2) is 4.40. The van der Waals surface area contributed by atoms with Gasteiger partial charge in [-0.15, -0.1) is 0 Å². The van der Waals surface area contributed by atoms with Gasteiger partial charge in [-0.2, -0.15) is 0 Å². The molecule has 1 aromatic carbocycles. The second-order valence-electron chi connectivity index (χ2n) is 3.35. The Morgan fingerprint density at radius 2 is 2.08 bits per heavy atom. The largest absolute Gasteiger partial charge is 0.379 e. The topological polar surface area (TPSA) is 21.3 Å². The van der Waals surface area contributed by atoms with E-state index in [0.29, 0.717) is 6.04 Å². The molecule has 1 N–H and O–H groups in total. The first-order valence-electron chi connectivity index (χ1n) is 4.83. The molecule has 0 amide bonds. The van der Waals surface area contributed by atoms with Crippen LogP contribution >= 0.6 is 0 Å². The molecule has 70 valence electrons. The molecule has 0 saturated carbocycles. The standard InChI is InChI=1S/C11H15NO/c1-2-5-10(6-3-1)11-9-13-8-4-7-12-11/h1-3,5-6,11-12H,4,7-9H2/t11-/m1/s1. The average molecular weight is 177 g/mol. The van der Waals surface area contributed by atoms with Gasteiger partial charge >= 0.3 is 0 Å². The lowest BCUT2D eigenvalue weighted by Crippen LogP contribution is -2.23. The van der Waals surface area contributed by atoms with Crippen LogP contribution in [0.5, 0.6) is 0 Å². The first-order valence-corrected chi connectivity index (χ1v) is 4.83. The summed E-state index contributed by atoms with van der Waals surface area (Å²) in [5.41, 5.74) is 1.32. The van der Waals surface area contributed by atoms with Gasteiger partial charge in [0.2, 0.25) is 0 Å². The fourth-order valence-electron chi connectivity index (χ4n) is 1.61. The van der Waals surface area contributed by atoms with E-state index in [2.05, 4.69) is 29.6 Å². The maximum absolute atomic E-state index is 5.50. The van der Waals surface area contributed by atoms with Gasteiger partial charge in [-0.3, -0.25) is 0 Å². The Bertz CT molecular complexity index is 240. The van der Waals surface area contributed by atoms with Crippen LogP contribution in [0.2, 0.25) is 0 Å². The molecule has 0 radical (unpaired) electrons. The van der Waals surface area contributed by atoms with Crippen molar-refractivity contribution in [3.05, 3.63) is 35.9 Å². The van der Waals surface area contributed by atoms with E-state index in [1.807, 2.05) is 6.07 Å². The summed E-state index contributed by atoms with van der Waals surface area (Å²) in [4.78, 5) is 0. The summed E-state index contributed by atoms with van der Waals surface area (Å²) >= 11 is 0. The molecule has 1 saturated heterocycles. The molecule has 1 fully saturated rings. The third kappa shape index (κ3) is 2.29. The third-order valence-corrected chi connectivity index (χ3v) is 2.34. The molecule has 0 aromatic heterocycles. The van der Waals surface area contributed by atoms with E-state index >= 15 is 0 Å². The van der Waals surface area contributed by atoms with Crippen LogP contribution in [-0.4, -0.2) is 19.8 Å². The summed E-state index contributed by atoms with van der Waals surface area (Å²) in [6.07, 6.45) is 1.11. The van der Waals surface area contributed by atoms with Crippen molar-refractivity contribution < 1.29 is 4.74 Å². The van der Waals surface area contributed by atoms with Crippen molar-refractivity contribution in [3.63, 3.8) is 0 Å². The Morgan fingerprint density at radius 1 is 1.23 bits per heavy atom. The van der Waals surface area contributed by atoms with Gasteiger partial charge in [-0.1, -0.05) is 30.3 Å². The highest BCUT2D eigenvalue weighted by Crippen LogP contribution is 2.14. The lowest BCUT2D eigenvalue weighted by molar-refractivity contribution is 0.131. The molecule has 1 aliphatic rings. The Balaban J connectivity index is 2.06. The highest BCUT2D eigenvalue weighted by molar-refractivity contribution is 5.18. The van der Waals surface area contributed by atoms with E-state index in [0.717, 1.165) is 26.2 Å². The fourth-order valence-corrected chi connectivity index (χ4v) is 1.61. The van der Waals surface area contributed by atoms with E-state index in [-0.39, 0.29) is 0 Å². The van der Waals surface area contributed by atoms with Gasteiger partial charge in [0.15, 0.2) is 0 Å². The van der Waals surface area contributed by atoms with Crippen molar-refractivity contribution in [2.24, 2.45) is 0 Å². The summed E-state index contributed by atoms with van der Waals surface area (Å²) in [7, 11) is 0. The van der Waals surface area contributed by atoms with Crippen LogP contribution in [0.1, 0.15) is 18.0 Å². The van der Waals surface area contributed by atoms with Crippen LogP contribution in [-0.2, 0) is 4.74 Å². The van der Waals surface area contributed by atoms with Crippen LogP contribution < -0.4 is 5.32 Å². The fraction of sp³-hybridized carbons (Fsp3) is 0.455. The Kier molecular flexibility index (Phi) is 2.95. The summed E-state index contributed by atoms with van der Waals surface area (Å²) in [6, 6.07) is 10.9.